The first-order valence-electron chi connectivity index (χ1n) is 9.73. The van der Waals surface area contributed by atoms with Crippen molar-refractivity contribution in [2.75, 3.05) is 26.2 Å². The molecule has 3 heterocycles. The first-order valence-corrected chi connectivity index (χ1v) is 11.6. The molecule has 0 atom stereocenters. The van der Waals surface area contributed by atoms with E-state index in [-0.39, 0.29) is 5.91 Å². The number of carbonyl (C=O) groups is 1. The average Bonchev–Trinajstić information content (AvgIpc) is 3.45. The van der Waals surface area contributed by atoms with Gasteiger partial charge >= 0.3 is 0 Å². The topological polar surface area (TPSA) is 78.0 Å². The summed E-state index contributed by atoms with van der Waals surface area (Å²) in [4.78, 5) is 25.9. The number of aromatic amines is 1. The van der Waals surface area contributed by atoms with E-state index in [1.165, 1.54) is 11.3 Å². The molecule has 1 aromatic carbocycles. The Morgan fingerprint density at radius 3 is 2.66 bits per heavy atom. The van der Waals surface area contributed by atoms with E-state index in [0.717, 1.165) is 66.9 Å². The Kier molecular flexibility index (Phi) is 6.58. The number of aryl methyl sites for hydroxylation is 1. The van der Waals surface area contributed by atoms with Crippen LogP contribution in [0, 0.1) is 0 Å². The lowest BCUT2D eigenvalue weighted by Crippen LogP contribution is -2.48. The van der Waals surface area contributed by atoms with Crippen LogP contribution >= 0.6 is 23.1 Å². The van der Waals surface area contributed by atoms with Gasteiger partial charge in [0, 0.05) is 49.4 Å². The van der Waals surface area contributed by atoms with Gasteiger partial charge in [0.05, 0.1) is 10.7 Å². The van der Waals surface area contributed by atoms with Crippen molar-refractivity contribution in [2.45, 2.75) is 30.8 Å². The minimum atomic E-state index is 0.112. The van der Waals surface area contributed by atoms with Crippen LogP contribution in [0.2, 0.25) is 0 Å². The maximum atomic E-state index is 12.8. The van der Waals surface area contributed by atoms with Crippen LogP contribution in [0.3, 0.4) is 0 Å². The Morgan fingerprint density at radius 2 is 2.00 bits per heavy atom. The van der Waals surface area contributed by atoms with E-state index >= 15 is 0 Å². The Labute approximate surface area is 178 Å². The zero-order chi connectivity index (χ0) is 20.1. The van der Waals surface area contributed by atoms with E-state index in [1.807, 2.05) is 29.2 Å². The van der Waals surface area contributed by atoms with Gasteiger partial charge in [0.1, 0.15) is 6.33 Å². The number of benzene rings is 1. The molecule has 1 fully saturated rings. The number of nitrogens with one attached hydrogen (secondary N) is 1. The predicted octanol–water partition coefficient (Wildman–Crippen LogP) is 3.07. The zero-order valence-electron chi connectivity index (χ0n) is 16.4. The molecule has 29 heavy (non-hydrogen) atoms. The lowest BCUT2D eigenvalue weighted by atomic mass is 10.1. The van der Waals surface area contributed by atoms with Crippen molar-refractivity contribution < 1.29 is 4.79 Å². The minimum Gasteiger partial charge on any atom is -0.336 e. The molecule has 0 radical (unpaired) electrons. The first-order chi connectivity index (χ1) is 14.2. The molecule has 1 amide bonds. The zero-order valence-corrected chi connectivity index (χ0v) is 18.0. The second-order valence-electron chi connectivity index (χ2n) is 6.93. The lowest BCUT2D eigenvalue weighted by Gasteiger charge is -2.34. The second kappa shape index (κ2) is 9.51. The summed E-state index contributed by atoms with van der Waals surface area (Å²) in [7, 11) is 0. The molecule has 3 aromatic rings. The number of aromatic nitrogens is 4. The summed E-state index contributed by atoms with van der Waals surface area (Å²) in [6, 6.07) is 7.87. The van der Waals surface area contributed by atoms with Gasteiger partial charge in [-0.3, -0.25) is 14.8 Å². The number of thioether (sulfide) groups is 1. The monoisotopic (exact) mass is 428 g/mol. The number of amides is 1. The molecule has 1 N–H and O–H groups in total. The van der Waals surface area contributed by atoms with E-state index < -0.39 is 0 Å². The van der Waals surface area contributed by atoms with Gasteiger partial charge < -0.3 is 4.90 Å². The third-order valence-electron chi connectivity index (χ3n) is 4.92. The standard InChI is InChI=1S/C20H24N6OS2/c1-2-18-23-17(13-28-18)11-25-7-9-26(10-8-25)19(27)16-5-3-15(4-6-16)12-29-20-21-14-22-24-20/h3-6,13-14H,2,7-12H2,1H3,(H,21,22,24). The molecule has 0 saturated carbocycles. The summed E-state index contributed by atoms with van der Waals surface area (Å²) in [5, 5.41) is 10.8. The Bertz CT molecular complexity index is 917. The number of thiazole rings is 1. The molecule has 0 aliphatic carbocycles. The SMILES string of the molecule is CCc1nc(CN2CCN(C(=O)c3ccc(CSc4ncn[nH]4)cc3)CC2)cs1. The number of H-pyrrole nitrogens is 1. The van der Waals surface area contributed by atoms with Crippen molar-refractivity contribution in [3.8, 4) is 0 Å². The van der Waals surface area contributed by atoms with Crippen LogP contribution in [0.15, 0.2) is 41.1 Å². The van der Waals surface area contributed by atoms with Crippen molar-refractivity contribution in [3.63, 3.8) is 0 Å². The van der Waals surface area contributed by atoms with Gasteiger partial charge in [-0.2, -0.15) is 5.10 Å². The van der Waals surface area contributed by atoms with Crippen LogP contribution in [-0.2, 0) is 18.7 Å². The van der Waals surface area contributed by atoms with Crippen LogP contribution < -0.4 is 0 Å². The highest BCUT2D eigenvalue weighted by atomic mass is 32.2. The summed E-state index contributed by atoms with van der Waals surface area (Å²) < 4.78 is 0. The largest absolute Gasteiger partial charge is 0.336 e. The van der Waals surface area contributed by atoms with E-state index in [9.17, 15) is 4.79 Å². The van der Waals surface area contributed by atoms with Crippen LogP contribution in [-0.4, -0.2) is 62.1 Å². The second-order valence-corrected chi connectivity index (χ2v) is 8.84. The summed E-state index contributed by atoms with van der Waals surface area (Å²) in [6.07, 6.45) is 2.49. The fraction of sp³-hybridized carbons (Fsp3) is 0.400. The van der Waals surface area contributed by atoms with Gasteiger partial charge in [-0.1, -0.05) is 30.8 Å². The van der Waals surface area contributed by atoms with Crippen LogP contribution in [0.5, 0.6) is 0 Å². The number of hydrogen-bond acceptors (Lipinski definition) is 7. The minimum absolute atomic E-state index is 0.112. The third kappa shape index (κ3) is 5.23. The first kappa shape index (κ1) is 20.1. The number of hydrogen-bond donors (Lipinski definition) is 1. The van der Waals surface area contributed by atoms with Crippen molar-refractivity contribution >= 4 is 29.0 Å². The fourth-order valence-electron chi connectivity index (χ4n) is 3.26. The highest BCUT2D eigenvalue weighted by Crippen LogP contribution is 2.19. The molecule has 0 spiro atoms. The Morgan fingerprint density at radius 1 is 1.21 bits per heavy atom. The summed E-state index contributed by atoms with van der Waals surface area (Å²) >= 11 is 3.32. The van der Waals surface area contributed by atoms with Gasteiger partial charge in [-0.05, 0) is 24.1 Å². The summed E-state index contributed by atoms with van der Waals surface area (Å²) in [5.41, 5.74) is 3.05. The summed E-state index contributed by atoms with van der Waals surface area (Å²) in [5.74, 6) is 0.902. The van der Waals surface area contributed by atoms with Crippen molar-refractivity contribution in [1.82, 2.24) is 30.0 Å². The molecule has 1 aliphatic rings. The average molecular weight is 429 g/mol. The normalized spacial score (nSPS) is 15.0. The van der Waals surface area contributed by atoms with Crippen LogP contribution in [0.4, 0.5) is 0 Å². The van der Waals surface area contributed by atoms with E-state index in [0.29, 0.717) is 0 Å². The fourth-order valence-corrected chi connectivity index (χ4v) is 4.73. The number of carbonyl (C=O) groups excluding carboxylic acids is 1. The van der Waals surface area contributed by atoms with Crippen molar-refractivity contribution in [1.29, 1.82) is 0 Å². The number of piperazine rings is 1. The quantitative estimate of drug-likeness (QED) is 0.583. The van der Waals surface area contributed by atoms with Gasteiger partial charge in [0.2, 0.25) is 0 Å². The van der Waals surface area contributed by atoms with Crippen LogP contribution in [0.1, 0.15) is 33.5 Å². The van der Waals surface area contributed by atoms with Gasteiger partial charge in [-0.25, -0.2) is 9.97 Å². The lowest BCUT2D eigenvalue weighted by molar-refractivity contribution is 0.0627. The summed E-state index contributed by atoms with van der Waals surface area (Å²) in [6.45, 7) is 6.29. The molecular formula is C20H24N6OS2. The van der Waals surface area contributed by atoms with Gasteiger partial charge in [0.15, 0.2) is 5.16 Å². The van der Waals surface area contributed by atoms with E-state index in [2.05, 4.69) is 37.4 Å². The molecule has 152 valence electrons. The maximum Gasteiger partial charge on any atom is 0.253 e. The maximum absolute atomic E-state index is 12.8. The molecule has 4 rings (SSSR count). The third-order valence-corrected chi connectivity index (χ3v) is 6.91. The number of nitrogens with zero attached hydrogens (tertiary/aromatic N) is 5. The molecule has 9 heteroatoms. The van der Waals surface area contributed by atoms with Gasteiger partial charge in [0.25, 0.3) is 5.91 Å². The van der Waals surface area contributed by atoms with Gasteiger partial charge in [-0.15, -0.1) is 11.3 Å². The van der Waals surface area contributed by atoms with Crippen LogP contribution in [0.25, 0.3) is 0 Å². The highest BCUT2D eigenvalue weighted by molar-refractivity contribution is 7.98. The molecule has 1 saturated heterocycles. The predicted molar refractivity (Wildman–Crippen MR) is 115 cm³/mol. The molecule has 7 nitrogen and oxygen atoms in total. The molecular weight excluding hydrogens is 404 g/mol. The van der Waals surface area contributed by atoms with E-state index in [1.54, 1.807) is 23.1 Å². The molecule has 2 aromatic heterocycles. The molecule has 0 bridgehead atoms. The van der Waals surface area contributed by atoms with E-state index in [4.69, 9.17) is 0 Å². The smallest absolute Gasteiger partial charge is 0.253 e. The Hall–Kier alpha value is -2.23. The molecule has 0 unspecified atom stereocenters. The van der Waals surface area contributed by atoms with Crippen molar-refractivity contribution in [2.24, 2.45) is 0 Å². The Balaban J connectivity index is 1.26. The number of rotatable bonds is 7. The molecule has 1 aliphatic heterocycles. The van der Waals surface area contributed by atoms with Crippen molar-refractivity contribution in [3.05, 3.63) is 57.8 Å². The highest BCUT2D eigenvalue weighted by Gasteiger charge is 2.22.